The molecule has 6 rings (SSSR count). The van der Waals surface area contributed by atoms with Crippen LogP contribution in [0, 0.1) is 17.3 Å². The topological polar surface area (TPSA) is 126 Å². The largest absolute Gasteiger partial charge is 0.453 e. The van der Waals surface area contributed by atoms with Crippen LogP contribution in [0.5, 0.6) is 11.6 Å². The molecule has 0 N–H and O–H groups in total. The molecule has 0 unspecified atom stereocenters. The van der Waals surface area contributed by atoms with Gasteiger partial charge in [-0.05, 0) is 99.3 Å². The van der Waals surface area contributed by atoms with Crippen molar-refractivity contribution in [2.24, 2.45) is 5.10 Å². The van der Waals surface area contributed by atoms with Crippen LogP contribution in [-0.2, 0) is 0 Å². The van der Waals surface area contributed by atoms with Crippen molar-refractivity contribution in [1.82, 2.24) is 14.6 Å². The van der Waals surface area contributed by atoms with Gasteiger partial charge in [0, 0.05) is 22.5 Å². The summed E-state index contributed by atoms with van der Waals surface area (Å²) in [7, 11) is 0. The van der Waals surface area contributed by atoms with Crippen LogP contribution in [0.25, 0.3) is 33.5 Å². The number of aromatic nitrogens is 3. The quantitative estimate of drug-likeness (QED) is 0.0735. The molecule has 0 amide bonds. The van der Waals surface area contributed by atoms with Crippen molar-refractivity contribution < 1.29 is 14.1 Å². The molecule has 0 aliphatic rings. The number of nitrogens with zero attached hydrogens (tertiary/aromatic N) is 5. The van der Waals surface area contributed by atoms with Crippen LogP contribution in [0.4, 0.5) is 5.69 Å². The SMILES string of the molecule is O=c1c2ccccc2nc(-c2cc3cc(Cl)ccc3o2)n1N=Cc1cc(I)c(Oc2ccc([N+](=O)[O-])cn2)c(I)c1. The van der Waals surface area contributed by atoms with E-state index in [1.807, 2.05) is 18.2 Å². The highest BCUT2D eigenvalue weighted by Gasteiger charge is 2.17. The van der Waals surface area contributed by atoms with Crippen molar-refractivity contribution in [3.63, 3.8) is 0 Å². The first-order valence-electron chi connectivity index (χ1n) is 11.8. The number of para-hydroxylation sites is 1. The summed E-state index contributed by atoms with van der Waals surface area (Å²) in [6, 6.07) is 20.5. The van der Waals surface area contributed by atoms with Crippen molar-refractivity contribution >= 4 is 90.6 Å². The van der Waals surface area contributed by atoms with E-state index >= 15 is 0 Å². The standard InChI is InChI=1S/C28H14ClI2N5O5/c29-17-5-7-23-16(11-17)12-24(40-23)27-34-22-4-2-1-3-19(22)28(37)35(27)33-13-15-9-20(30)26(21(31)10-15)41-25-8-6-18(14-32-25)36(38)39/h1-14H. The number of ether oxygens (including phenoxy) is 1. The van der Waals surface area contributed by atoms with Gasteiger partial charge in [-0.3, -0.25) is 14.9 Å². The molecule has 41 heavy (non-hydrogen) atoms. The lowest BCUT2D eigenvalue weighted by Crippen LogP contribution is -2.20. The highest BCUT2D eigenvalue weighted by molar-refractivity contribution is 14.1. The molecule has 0 aliphatic carbocycles. The maximum atomic E-state index is 13.5. The minimum absolute atomic E-state index is 0.127. The molecule has 0 aliphatic heterocycles. The molecule has 3 heterocycles. The Morgan fingerprint density at radius 1 is 1.05 bits per heavy atom. The maximum absolute atomic E-state index is 13.5. The lowest BCUT2D eigenvalue weighted by Gasteiger charge is -2.10. The van der Waals surface area contributed by atoms with Gasteiger partial charge in [-0.2, -0.15) is 9.78 Å². The Morgan fingerprint density at radius 3 is 2.56 bits per heavy atom. The Kier molecular flexibility index (Phi) is 7.44. The van der Waals surface area contributed by atoms with Crippen LogP contribution in [0.2, 0.25) is 5.02 Å². The second kappa shape index (κ2) is 11.2. The van der Waals surface area contributed by atoms with Crippen LogP contribution in [0.15, 0.2) is 93.3 Å². The molecule has 0 bridgehead atoms. The van der Waals surface area contributed by atoms with Crippen molar-refractivity contribution in [3.8, 4) is 23.2 Å². The fourth-order valence-corrected chi connectivity index (χ4v) is 6.25. The highest BCUT2D eigenvalue weighted by atomic mass is 127. The van der Waals surface area contributed by atoms with Crippen LogP contribution in [0.1, 0.15) is 5.56 Å². The molecule has 3 aromatic carbocycles. The van der Waals surface area contributed by atoms with Gasteiger partial charge >= 0.3 is 0 Å². The fraction of sp³-hybridized carbons (Fsp3) is 0. The van der Waals surface area contributed by atoms with E-state index in [4.69, 9.17) is 25.7 Å². The van der Waals surface area contributed by atoms with E-state index in [2.05, 4.69) is 55.3 Å². The number of fused-ring (bicyclic) bond motifs is 2. The number of hydrogen-bond donors (Lipinski definition) is 0. The van der Waals surface area contributed by atoms with Gasteiger partial charge in [0.1, 0.15) is 11.8 Å². The molecule has 6 aromatic rings. The smallest absolute Gasteiger partial charge is 0.287 e. The summed E-state index contributed by atoms with van der Waals surface area (Å²) >= 11 is 10.4. The van der Waals surface area contributed by atoms with E-state index in [1.54, 1.807) is 48.7 Å². The second-order valence-corrected chi connectivity index (χ2v) is 11.4. The lowest BCUT2D eigenvalue weighted by molar-refractivity contribution is -0.385. The molecule has 0 saturated carbocycles. The Hall–Kier alpha value is -3.89. The summed E-state index contributed by atoms with van der Waals surface area (Å²) in [6.45, 7) is 0. The van der Waals surface area contributed by atoms with Crippen LogP contribution >= 0.6 is 56.8 Å². The monoisotopic (exact) mass is 789 g/mol. The van der Waals surface area contributed by atoms with E-state index < -0.39 is 4.92 Å². The minimum Gasteiger partial charge on any atom is -0.453 e. The Labute approximate surface area is 263 Å². The van der Waals surface area contributed by atoms with Crippen molar-refractivity contribution in [3.05, 3.63) is 117 Å². The fourth-order valence-electron chi connectivity index (χ4n) is 4.04. The molecule has 0 spiro atoms. The van der Waals surface area contributed by atoms with Crippen LogP contribution in [0.3, 0.4) is 0 Å². The molecule has 13 heteroatoms. The van der Waals surface area contributed by atoms with Gasteiger partial charge in [-0.1, -0.05) is 23.7 Å². The van der Waals surface area contributed by atoms with Gasteiger partial charge in [0.05, 0.1) is 29.2 Å². The Balaban J connectivity index is 1.39. The van der Waals surface area contributed by atoms with Crippen LogP contribution in [-0.4, -0.2) is 25.8 Å². The first-order chi connectivity index (χ1) is 19.8. The number of nitro groups is 1. The third-order valence-corrected chi connectivity index (χ3v) is 7.77. The van der Waals surface area contributed by atoms with Gasteiger partial charge in [-0.15, -0.1) is 0 Å². The lowest BCUT2D eigenvalue weighted by atomic mass is 10.2. The van der Waals surface area contributed by atoms with Crippen molar-refractivity contribution in [2.45, 2.75) is 0 Å². The highest BCUT2D eigenvalue weighted by Crippen LogP contribution is 2.33. The van der Waals surface area contributed by atoms with Crippen molar-refractivity contribution in [1.29, 1.82) is 0 Å². The third-order valence-electron chi connectivity index (χ3n) is 5.93. The second-order valence-electron chi connectivity index (χ2n) is 8.63. The minimum atomic E-state index is -0.524. The Bertz CT molecular complexity index is 2050. The predicted octanol–water partition coefficient (Wildman–Crippen LogP) is 7.65. The summed E-state index contributed by atoms with van der Waals surface area (Å²) < 4.78 is 14.6. The third kappa shape index (κ3) is 5.54. The van der Waals surface area contributed by atoms with Gasteiger partial charge in [0.25, 0.3) is 11.2 Å². The number of benzene rings is 3. The summed E-state index contributed by atoms with van der Waals surface area (Å²) in [5, 5.41) is 17.2. The molecule has 3 aromatic heterocycles. The van der Waals surface area contributed by atoms with E-state index in [0.717, 1.165) is 18.7 Å². The predicted molar refractivity (Wildman–Crippen MR) is 172 cm³/mol. The number of hydrogen-bond acceptors (Lipinski definition) is 8. The number of halogens is 3. The summed E-state index contributed by atoms with van der Waals surface area (Å²) in [6.07, 6.45) is 2.69. The molecular formula is C28H14ClI2N5O5. The number of pyridine rings is 1. The molecule has 0 radical (unpaired) electrons. The average molecular weight is 790 g/mol. The van der Waals surface area contributed by atoms with Gasteiger partial charge < -0.3 is 9.15 Å². The van der Waals surface area contributed by atoms with Crippen LogP contribution < -0.4 is 10.3 Å². The normalized spacial score (nSPS) is 11.5. The number of furan rings is 1. The summed E-state index contributed by atoms with van der Waals surface area (Å²) in [4.78, 5) is 32.6. The first-order valence-corrected chi connectivity index (χ1v) is 14.3. The maximum Gasteiger partial charge on any atom is 0.287 e. The number of rotatable bonds is 6. The molecule has 202 valence electrons. The summed E-state index contributed by atoms with van der Waals surface area (Å²) in [5.41, 5.74) is 1.34. The van der Waals surface area contributed by atoms with E-state index in [0.29, 0.717) is 38.6 Å². The molecule has 10 nitrogen and oxygen atoms in total. The molecule has 0 saturated heterocycles. The van der Waals surface area contributed by atoms with E-state index in [-0.39, 0.29) is 23.0 Å². The molecule has 0 fully saturated rings. The zero-order valence-corrected chi connectivity index (χ0v) is 25.6. The van der Waals surface area contributed by atoms with E-state index in [9.17, 15) is 14.9 Å². The van der Waals surface area contributed by atoms with Gasteiger partial charge in [-0.25, -0.2) is 9.97 Å². The Morgan fingerprint density at radius 2 is 1.83 bits per heavy atom. The molecular weight excluding hydrogens is 776 g/mol. The van der Waals surface area contributed by atoms with E-state index in [1.165, 1.54) is 16.8 Å². The molecule has 0 atom stereocenters. The summed E-state index contributed by atoms with van der Waals surface area (Å²) in [5.74, 6) is 1.37. The first kappa shape index (κ1) is 27.3. The van der Waals surface area contributed by atoms with Gasteiger partial charge in [0.15, 0.2) is 11.5 Å². The zero-order chi connectivity index (χ0) is 28.7. The zero-order valence-electron chi connectivity index (χ0n) is 20.5. The van der Waals surface area contributed by atoms with Gasteiger partial charge in [0.2, 0.25) is 11.7 Å². The average Bonchev–Trinajstić information content (AvgIpc) is 3.38. The van der Waals surface area contributed by atoms with Crippen molar-refractivity contribution in [2.75, 3.05) is 0 Å².